The minimum absolute atomic E-state index is 0.0239. The Morgan fingerprint density at radius 2 is 1.74 bits per heavy atom. The van der Waals surface area contributed by atoms with Crippen molar-refractivity contribution in [3.63, 3.8) is 0 Å². The van der Waals surface area contributed by atoms with Gasteiger partial charge < -0.3 is 33.6 Å². The summed E-state index contributed by atoms with van der Waals surface area (Å²) in [6.07, 6.45) is 1.15. The van der Waals surface area contributed by atoms with Gasteiger partial charge in [0.2, 0.25) is 17.7 Å². The molecule has 1 rings (SSSR count). The molecule has 0 aromatic heterocycles. The van der Waals surface area contributed by atoms with Gasteiger partial charge in [0.05, 0.1) is 12.6 Å². The maximum atomic E-state index is 12.0. The van der Waals surface area contributed by atoms with Crippen LogP contribution in [0.3, 0.4) is 0 Å². The van der Waals surface area contributed by atoms with Crippen LogP contribution in [0.1, 0.15) is 18.4 Å². The van der Waals surface area contributed by atoms with Gasteiger partial charge in [0.15, 0.2) is 5.96 Å². The first-order valence-corrected chi connectivity index (χ1v) is 8.51. The number of amides is 3. The molecule has 0 spiro atoms. The molecular weight excluding hydrogens is 350 g/mol. The number of nitrogens with two attached hydrogens (primary N) is 4. The lowest BCUT2D eigenvalue weighted by Gasteiger charge is -2.16. The summed E-state index contributed by atoms with van der Waals surface area (Å²) in [6, 6.07) is 7.48. The summed E-state index contributed by atoms with van der Waals surface area (Å²) in [5.41, 5.74) is 22.3. The van der Waals surface area contributed by atoms with Gasteiger partial charge in [-0.05, 0) is 18.4 Å². The average Bonchev–Trinajstić information content (AvgIpc) is 2.63. The zero-order valence-corrected chi connectivity index (χ0v) is 15.1. The molecule has 10 heteroatoms. The summed E-state index contributed by atoms with van der Waals surface area (Å²) in [7, 11) is 0. The van der Waals surface area contributed by atoms with E-state index in [0.29, 0.717) is 19.4 Å². The number of guanidine groups is 1. The highest BCUT2D eigenvalue weighted by Gasteiger charge is 2.20. The number of nitrogens with zero attached hydrogens (tertiary/aromatic N) is 1. The molecule has 2 atom stereocenters. The standard InChI is InChI=1S/C17H27N7O3/c18-12(7-4-8-22-17(20)21)16(27)23-10-14(25)24-13(15(19)26)9-11-5-2-1-3-6-11/h1-3,5-6,12-13H,4,7-10,18H2,(H2,19,26)(H,23,27)(H,24,25)(H4,20,21,22)/t12-,13-/m0/s1. The Bertz CT molecular complexity index is 660. The first-order valence-electron chi connectivity index (χ1n) is 8.51. The minimum Gasteiger partial charge on any atom is -0.370 e. The predicted octanol–water partition coefficient (Wildman–Crippen LogP) is -2.30. The van der Waals surface area contributed by atoms with E-state index in [-0.39, 0.29) is 18.9 Å². The fourth-order valence-corrected chi connectivity index (χ4v) is 2.27. The third-order valence-corrected chi connectivity index (χ3v) is 3.69. The molecule has 10 N–H and O–H groups in total. The van der Waals surface area contributed by atoms with E-state index in [2.05, 4.69) is 15.6 Å². The maximum absolute atomic E-state index is 12.0. The number of primary amides is 1. The number of carbonyl (C=O) groups is 3. The Kier molecular flexibility index (Phi) is 9.30. The van der Waals surface area contributed by atoms with E-state index in [1.807, 2.05) is 30.3 Å². The van der Waals surface area contributed by atoms with E-state index < -0.39 is 29.8 Å². The monoisotopic (exact) mass is 377 g/mol. The lowest BCUT2D eigenvalue weighted by atomic mass is 10.1. The summed E-state index contributed by atoms with van der Waals surface area (Å²) < 4.78 is 0. The van der Waals surface area contributed by atoms with E-state index in [1.165, 1.54) is 0 Å². The van der Waals surface area contributed by atoms with Crippen molar-refractivity contribution in [3.05, 3.63) is 35.9 Å². The van der Waals surface area contributed by atoms with Gasteiger partial charge in [-0.25, -0.2) is 0 Å². The number of nitrogens with one attached hydrogen (secondary N) is 2. The second kappa shape index (κ2) is 11.5. The molecular formula is C17H27N7O3. The first-order chi connectivity index (χ1) is 12.8. The molecule has 0 saturated carbocycles. The van der Waals surface area contributed by atoms with Gasteiger partial charge in [-0.1, -0.05) is 30.3 Å². The first kappa shape index (κ1) is 21.9. The molecule has 0 aliphatic carbocycles. The molecule has 148 valence electrons. The Morgan fingerprint density at radius 3 is 2.33 bits per heavy atom. The molecule has 0 unspecified atom stereocenters. The van der Waals surface area contributed by atoms with Gasteiger partial charge in [-0.15, -0.1) is 0 Å². The molecule has 0 aliphatic heterocycles. The molecule has 0 bridgehead atoms. The number of hydrogen-bond donors (Lipinski definition) is 6. The van der Waals surface area contributed by atoms with Crippen molar-refractivity contribution in [2.45, 2.75) is 31.3 Å². The van der Waals surface area contributed by atoms with Crippen molar-refractivity contribution >= 4 is 23.7 Å². The molecule has 1 aromatic carbocycles. The minimum atomic E-state index is -0.870. The van der Waals surface area contributed by atoms with E-state index in [4.69, 9.17) is 22.9 Å². The Balaban J connectivity index is 2.39. The van der Waals surface area contributed by atoms with Crippen LogP contribution >= 0.6 is 0 Å². The van der Waals surface area contributed by atoms with Gasteiger partial charge in [0.1, 0.15) is 6.04 Å². The summed E-state index contributed by atoms with van der Waals surface area (Å²) in [5.74, 6) is -1.69. The van der Waals surface area contributed by atoms with Crippen LogP contribution in [0.4, 0.5) is 0 Å². The topological polar surface area (TPSA) is 192 Å². The molecule has 1 aromatic rings. The van der Waals surface area contributed by atoms with Crippen LogP contribution in [0.2, 0.25) is 0 Å². The number of aliphatic imine (C=N–C) groups is 1. The molecule has 27 heavy (non-hydrogen) atoms. The van der Waals surface area contributed by atoms with E-state index in [0.717, 1.165) is 5.56 Å². The van der Waals surface area contributed by atoms with Crippen LogP contribution in [-0.2, 0) is 20.8 Å². The van der Waals surface area contributed by atoms with Crippen LogP contribution in [0, 0.1) is 0 Å². The van der Waals surface area contributed by atoms with Crippen molar-refractivity contribution in [1.82, 2.24) is 10.6 Å². The quantitative estimate of drug-likeness (QED) is 0.143. The van der Waals surface area contributed by atoms with E-state index in [1.54, 1.807) is 0 Å². The Morgan fingerprint density at radius 1 is 1.07 bits per heavy atom. The zero-order valence-electron chi connectivity index (χ0n) is 15.1. The third-order valence-electron chi connectivity index (χ3n) is 3.69. The molecule has 0 radical (unpaired) electrons. The van der Waals surface area contributed by atoms with Crippen molar-refractivity contribution in [2.24, 2.45) is 27.9 Å². The SMILES string of the molecule is NC(=O)[C@H](Cc1ccccc1)NC(=O)CNC(=O)[C@@H](N)CCCN=C(N)N. The van der Waals surface area contributed by atoms with Crippen LogP contribution in [0.25, 0.3) is 0 Å². The summed E-state index contributed by atoms with van der Waals surface area (Å²) in [6.45, 7) is 0.0581. The fraction of sp³-hybridized carbons (Fsp3) is 0.412. The molecule has 10 nitrogen and oxygen atoms in total. The largest absolute Gasteiger partial charge is 0.370 e. The Labute approximate surface area is 157 Å². The zero-order chi connectivity index (χ0) is 20.2. The highest BCUT2D eigenvalue weighted by atomic mass is 16.2. The Hall–Kier alpha value is -3.14. The van der Waals surface area contributed by atoms with Crippen LogP contribution in [0.5, 0.6) is 0 Å². The predicted molar refractivity (Wildman–Crippen MR) is 102 cm³/mol. The van der Waals surface area contributed by atoms with Gasteiger partial charge in [0.25, 0.3) is 0 Å². The normalized spacial score (nSPS) is 12.5. The van der Waals surface area contributed by atoms with Gasteiger partial charge in [0, 0.05) is 13.0 Å². The van der Waals surface area contributed by atoms with E-state index in [9.17, 15) is 14.4 Å². The second-order valence-electron chi connectivity index (χ2n) is 5.99. The van der Waals surface area contributed by atoms with E-state index >= 15 is 0 Å². The molecule has 0 fully saturated rings. The smallest absolute Gasteiger partial charge is 0.240 e. The van der Waals surface area contributed by atoms with Crippen LogP contribution in [0.15, 0.2) is 35.3 Å². The number of rotatable bonds is 11. The highest BCUT2D eigenvalue weighted by molar-refractivity contribution is 5.90. The van der Waals surface area contributed by atoms with Crippen molar-refractivity contribution in [1.29, 1.82) is 0 Å². The molecule has 0 heterocycles. The lowest BCUT2D eigenvalue weighted by Crippen LogP contribution is -2.50. The molecule has 3 amide bonds. The maximum Gasteiger partial charge on any atom is 0.240 e. The number of benzene rings is 1. The number of hydrogen-bond acceptors (Lipinski definition) is 5. The fourth-order valence-electron chi connectivity index (χ4n) is 2.27. The molecule has 0 saturated heterocycles. The summed E-state index contributed by atoms with van der Waals surface area (Å²) >= 11 is 0. The highest BCUT2D eigenvalue weighted by Crippen LogP contribution is 2.03. The van der Waals surface area contributed by atoms with Gasteiger partial charge >= 0.3 is 0 Å². The number of carbonyl (C=O) groups excluding carboxylic acids is 3. The van der Waals surface area contributed by atoms with Crippen molar-refractivity contribution in [2.75, 3.05) is 13.1 Å². The second-order valence-corrected chi connectivity index (χ2v) is 5.99. The van der Waals surface area contributed by atoms with Crippen LogP contribution < -0.4 is 33.6 Å². The van der Waals surface area contributed by atoms with Gasteiger partial charge in [-0.3, -0.25) is 19.4 Å². The average molecular weight is 377 g/mol. The van der Waals surface area contributed by atoms with Crippen LogP contribution in [-0.4, -0.2) is 48.9 Å². The lowest BCUT2D eigenvalue weighted by molar-refractivity contribution is -0.129. The summed E-state index contributed by atoms with van der Waals surface area (Å²) in [5, 5.41) is 4.94. The van der Waals surface area contributed by atoms with Gasteiger partial charge in [-0.2, -0.15) is 0 Å². The van der Waals surface area contributed by atoms with Crippen molar-refractivity contribution < 1.29 is 14.4 Å². The molecule has 0 aliphatic rings. The van der Waals surface area contributed by atoms with Crippen molar-refractivity contribution in [3.8, 4) is 0 Å². The summed E-state index contributed by atoms with van der Waals surface area (Å²) in [4.78, 5) is 39.2. The third kappa shape index (κ3) is 9.21.